The predicted molar refractivity (Wildman–Crippen MR) is 99.9 cm³/mol. The van der Waals surface area contributed by atoms with Gasteiger partial charge in [-0.2, -0.15) is 13.9 Å². The molecule has 0 aliphatic heterocycles. The summed E-state index contributed by atoms with van der Waals surface area (Å²) in [5.41, 5.74) is 2.75. The zero-order valence-electron chi connectivity index (χ0n) is 14.0. The van der Waals surface area contributed by atoms with Crippen molar-refractivity contribution in [2.45, 2.75) is 13.5 Å². The van der Waals surface area contributed by atoms with Gasteiger partial charge in [0.25, 0.3) is 0 Å². The Hall–Kier alpha value is -2.80. The van der Waals surface area contributed by atoms with Crippen molar-refractivity contribution in [1.82, 2.24) is 4.68 Å². The number of benzene rings is 2. The van der Waals surface area contributed by atoms with Gasteiger partial charge in [-0.15, -0.1) is 11.3 Å². The molecule has 134 valence electrons. The van der Waals surface area contributed by atoms with Gasteiger partial charge in [0.15, 0.2) is 0 Å². The van der Waals surface area contributed by atoms with E-state index in [2.05, 4.69) is 14.8 Å². The standard InChI is InChI=1S/C19H17F2N3OS/c1-2-22-19-24(17(13-26-19)15-6-4-3-5-7-15)23-12-14-8-10-16(11-9-14)25-18(20)21/h3-13,18H,2H2,1H3. The first-order valence-electron chi connectivity index (χ1n) is 8.03. The van der Waals surface area contributed by atoms with E-state index in [0.29, 0.717) is 6.54 Å². The second-order valence-corrected chi connectivity index (χ2v) is 6.08. The molecule has 0 spiro atoms. The van der Waals surface area contributed by atoms with Crippen LogP contribution in [0.4, 0.5) is 8.78 Å². The fourth-order valence-corrected chi connectivity index (χ4v) is 3.22. The quantitative estimate of drug-likeness (QED) is 0.581. The molecule has 4 nitrogen and oxygen atoms in total. The fourth-order valence-electron chi connectivity index (χ4n) is 2.32. The Balaban J connectivity index is 1.92. The summed E-state index contributed by atoms with van der Waals surface area (Å²) in [6.45, 7) is -0.204. The van der Waals surface area contributed by atoms with Crippen molar-refractivity contribution in [2.24, 2.45) is 10.1 Å². The van der Waals surface area contributed by atoms with Gasteiger partial charge in [0.05, 0.1) is 11.9 Å². The van der Waals surface area contributed by atoms with E-state index in [0.717, 1.165) is 21.6 Å². The highest BCUT2D eigenvalue weighted by Gasteiger charge is 2.07. The Morgan fingerprint density at radius 2 is 1.85 bits per heavy atom. The minimum Gasteiger partial charge on any atom is -0.435 e. The third-order valence-corrected chi connectivity index (χ3v) is 4.33. The Kier molecular flexibility index (Phi) is 5.91. The number of ether oxygens (including phenoxy) is 1. The van der Waals surface area contributed by atoms with Crippen LogP contribution in [0, 0.1) is 0 Å². The lowest BCUT2D eigenvalue weighted by molar-refractivity contribution is -0.0498. The number of aromatic nitrogens is 1. The Labute approximate surface area is 153 Å². The number of rotatable bonds is 6. The molecule has 0 fully saturated rings. The summed E-state index contributed by atoms with van der Waals surface area (Å²) in [5, 5.41) is 6.56. The van der Waals surface area contributed by atoms with Crippen molar-refractivity contribution in [3.05, 3.63) is 70.3 Å². The molecule has 3 aromatic rings. The number of halogens is 2. The Morgan fingerprint density at radius 1 is 1.12 bits per heavy atom. The SMILES string of the molecule is CCN=c1scc(-c2ccccc2)n1N=Cc1ccc(OC(F)F)cc1. The molecule has 0 atom stereocenters. The van der Waals surface area contributed by atoms with Crippen LogP contribution in [0.15, 0.2) is 70.1 Å². The Morgan fingerprint density at radius 3 is 2.50 bits per heavy atom. The molecule has 0 aliphatic carbocycles. The van der Waals surface area contributed by atoms with E-state index < -0.39 is 6.61 Å². The van der Waals surface area contributed by atoms with Crippen LogP contribution < -0.4 is 9.54 Å². The first-order valence-corrected chi connectivity index (χ1v) is 8.91. The topological polar surface area (TPSA) is 38.9 Å². The van der Waals surface area contributed by atoms with Crippen molar-refractivity contribution in [2.75, 3.05) is 6.54 Å². The van der Waals surface area contributed by atoms with Gasteiger partial charge in [0.2, 0.25) is 4.80 Å². The van der Waals surface area contributed by atoms with E-state index in [1.165, 1.54) is 23.5 Å². The minimum atomic E-state index is -2.83. The van der Waals surface area contributed by atoms with E-state index in [9.17, 15) is 8.78 Å². The average Bonchev–Trinajstić information content (AvgIpc) is 3.04. The third-order valence-electron chi connectivity index (χ3n) is 3.48. The highest BCUT2D eigenvalue weighted by atomic mass is 32.1. The molecule has 0 aliphatic rings. The van der Waals surface area contributed by atoms with E-state index in [1.807, 2.05) is 42.6 Å². The molecule has 1 aromatic heterocycles. The first kappa shape index (κ1) is 18.0. The number of nitrogens with zero attached hydrogens (tertiary/aromatic N) is 3. The van der Waals surface area contributed by atoms with Crippen LogP contribution in [0.5, 0.6) is 5.75 Å². The van der Waals surface area contributed by atoms with Gasteiger partial charge in [-0.25, -0.2) is 4.68 Å². The van der Waals surface area contributed by atoms with Crippen molar-refractivity contribution < 1.29 is 13.5 Å². The summed E-state index contributed by atoms with van der Waals surface area (Å²) in [4.78, 5) is 5.27. The molecule has 0 saturated heterocycles. The maximum absolute atomic E-state index is 12.2. The number of hydrogen-bond acceptors (Lipinski definition) is 4. The maximum Gasteiger partial charge on any atom is 0.387 e. The smallest absolute Gasteiger partial charge is 0.387 e. The third kappa shape index (κ3) is 4.43. The van der Waals surface area contributed by atoms with Crippen LogP contribution >= 0.6 is 11.3 Å². The summed E-state index contributed by atoms with van der Waals surface area (Å²) in [7, 11) is 0. The minimum absolute atomic E-state index is 0.118. The fraction of sp³-hybridized carbons (Fsp3) is 0.158. The molecular weight excluding hydrogens is 356 g/mol. The zero-order chi connectivity index (χ0) is 18.4. The van der Waals surface area contributed by atoms with Crippen LogP contribution in [-0.4, -0.2) is 24.0 Å². The second-order valence-electron chi connectivity index (χ2n) is 5.25. The normalized spacial score (nSPS) is 12.2. The summed E-state index contributed by atoms with van der Waals surface area (Å²) in [6, 6.07) is 16.3. The Bertz CT molecular complexity index is 931. The summed E-state index contributed by atoms with van der Waals surface area (Å²) < 4.78 is 30.6. The molecule has 0 radical (unpaired) electrons. The van der Waals surface area contributed by atoms with Crippen molar-refractivity contribution in [3.63, 3.8) is 0 Å². The molecule has 0 unspecified atom stereocenters. The van der Waals surface area contributed by atoms with Crippen LogP contribution in [-0.2, 0) is 0 Å². The molecule has 2 aromatic carbocycles. The highest BCUT2D eigenvalue weighted by Crippen LogP contribution is 2.20. The second kappa shape index (κ2) is 8.53. The van der Waals surface area contributed by atoms with Gasteiger partial charge in [0.1, 0.15) is 5.75 Å². The summed E-state index contributed by atoms with van der Waals surface area (Å²) in [5.74, 6) is 0.118. The lowest BCUT2D eigenvalue weighted by Crippen LogP contribution is -2.12. The lowest BCUT2D eigenvalue weighted by Gasteiger charge is -2.05. The number of thiazole rings is 1. The van der Waals surface area contributed by atoms with Gasteiger partial charge in [0, 0.05) is 17.5 Å². The van der Waals surface area contributed by atoms with Crippen molar-refractivity contribution in [1.29, 1.82) is 0 Å². The van der Waals surface area contributed by atoms with Crippen LogP contribution in [0.3, 0.4) is 0 Å². The van der Waals surface area contributed by atoms with E-state index >= 15 is 0 Å². The number of hydrogen-bond donors (Lipinski definition) is 0. The van der Waals surface area contributed by atoms with Gasteiger partial charge >= 0.3 is 6.61 Å². The van der Waals surface area contributed by atoms with Crippen LogP contribution in [0.2, 0.25) is 0 Å². The summed E-state index contributed by atoms with van der Waals surface area (Å²) in [6.07, 6.45) is 1.67. The average molecular weight is 373 g/mol. The van der Waals surface area contributed by atoms with Crippen molar-refractivity contribution in [3.8, 4) is 17.0 Å². The molecule has 0 saturated carbocycles. The van der Waals surface area contributed by atoms with E-state index in [1.54, 1.807) is 23.0 Å². The number of alkyl halides is 2. The summed E-state index contributed by atoms with van der Waals surface area (Å²) >= 11 is 1.52. The van der Waals surface area contributed by atoms with Crippen LogP contribution in [0.25, 0.3) is 11.3 Å². The van der Waals surface area contributed by atoms with Gasteiger partial charge in [-0.05, 0) is 36.8 Å². The molecule has 1 heterocycles. The molecule has 0 amide bonds. The molecule has 0 N–H and O–H groups in total. The molecule has 7 heteroatoms. The lowest BCUT2D eigenvalue weighted by atomic mass is 10.2. The highest BCUT2D eigenvalue weighted by molar-refractivity contribution is 7.07. The van der Waals surface area contributed by atoms with Gasteiger partial charge < -0.3 is 4.74 Å². The monoisotopic (exact) mass is 373 g/mol. The van der Waals surface area contributed by atoms with Crippen molar-refractivity contribution >= 4 is 17.6 Å². The van der Waals surface area contributed by atoms with Gasteiger partial charge in [-0.3, -0.25) is 4.99 Å². The van der Waals surface area contributed by atoms with E-state index in [-0.39, 0.29) is 5.75 Å². The molecule has 3 rings (SSSR count). The van der Waals surface area contributed by atoms with Crippen LogP contribution in [0.1, 0.15) is 12.5 Å². The molecule has 0 bridgehead atoms. The largest absolute Gasteiger partial charge is 0.435 e. The first-order chi connectivity index (χ1) is 12.7. The van der Waals surface area contributed by atoms with Gasteiger partial charge in [-0.1, -0.05) is 30.3 Å². The predicted octanol–water partition coefficient (Wildman–Crippen LogP) is 4.62. The molecule has 26 heavy (non-hydrogen) atoms. The maximum atomic E-state index is 12.2. The molecular formula is C19H17F2N3OS. The zero-order valence-corrected chi connectivity index (χ0v) is 14.9. The van der Waals surface area contributed by atoms with E-state index in [4.69, 9.17) is 0 Å².